The molecule has 3 N–H and O–H groups in total. The molecule has 1 aromatic rings. The SMILES string of the molecule is NCC(CO)(Cc1cccc(C(F)(F)F)c1)C1CC1. The predicted molar refractivity (Wildman–Crippen MR) is 66.4 cm³/mol. The Bertz CT molecular complexity index is 437. The smallest absolute Gasteiger partial charge is 0.396 e. The molecule has 0 heterocycles. The van der Waals surface area contributed by atoms with Crippen LogP contribution < -0.4 is 5.73 Å². The number of nitrogens with two attached hydrogens (primary N) is 1. The minimum absolute atomic E-state index is 0.0790. The summed E-state index contributed by atoms with van der Waals surface area (Å²) in [6.45, 7) is 0.217. The predicted octanol–water partition coefficient (Wildman–Crippen LogP) is 2.60. The highest BCUT2D eigenvalue weighted by molar-refractivity contribution is 5.27. The maximum atomic E-state index is 12.7. The Morgan fingerprint density at radius 2 is 1.95 bits per heavy atom. The number of aliphatic hydroxyl groups is 1. The molecule has 2 nitrogen and oxygen atoms in total. The third-order valence-electron chi connectivity index (χ3n) is 3.98. The van der Waals surface area contributed by atoms with Crippen LogP contribution in [0.25, 0.3) is 0 Å². The molecule has 0 spiro atoms. The number of hydrogen-bond donors (Lipinski definition) is 2. The highest BCUT2D eigenvalue weighted by Gasteiger charge is 2.44. The van der Waals surface area contributed by atoms with Crippen LogP contribution in [-0.2, 0) is 12.6 Å². The Morgan fingerprint density at radius 1 is 1.26 bits per heavy atom. The van der Waals surface area contributed by atoms with E-state index in [2.05, 4.69) is 0 Å². The Labute approximate surface area is 110 Å². The van der Waals surface area contributed by atoms with Crippen LogP contribution in [0.1, 0.15) is 24.0 Å². The maximum Gasteiger partial charge on any atom is 0.416 e. The van der Waals surface area contributed by atoms with E-state index in [1.54, 1.807) is 6.07 Å². The molecule has 1 aliphatic rings. The lowest BCUT2D eigenvalue weighted by Crippen LogP contribution is -2.38. The Morgan fingerprint density at radius 3 is 2.42 bits per heavy atom. The second-order valence-corrected chi connectivity index (χ2v) is 5.37. The molecule has 1 aromatic carbocycles. The second kappa shape index (κ2) is 5.13. The van der Waals surface area contributed by atoms with E-state index in [1.807, 2.05) is 0 Å². The molecule has 1 fully saturated rings. The molecule has 1 unspecified atom stereocenters. The van der Waals surface area contributed by atoms with Crippen molar-refractivity contribution >= 4 is 0 Å². The van der Waals surface area contributed by atoms with Crippen LogP contribution in [0, 0.1) is 11.3 Å². The molecule has 1 saturated carbocycles. The van der Waals surface area contributed by atoms with E-state index in [0.29, 0.717) is 24.4 Å². The number of rotatable bonds is 5. The fourth-order valence-electron chi connectivity index (χ4n) is 2.59. The minimum atomic E-state index is -4.33. The van der Waals surface area contributed by atoms with Gasteiger partial charge in [0.15, 0.2) is 0 Å². The van der Waals surface area contributed by atoms with Crippen molar-refractivity contribution in [2.24, 2.45) is 17.1 Å². The molecule has 2 rings (SSSR count). The summed E-state index contributed by atoms with van der Waals surface area (Å²) in [5.74, 6) is 0.331. The highest BCUT2D eigenvalue weighted by Crippen LogP contribution is 2.47. The van der Waals surface area contributed by atoms with Crippen molar-refractivity contribution in [2.45, 2.75) is 25.4 Å². The van der Waals surface area contributed by atoms with Gasteiger partial charge in [-0.2, -0.15) is 13.2 Å². The number of alkyl halides is 3. The molecule has 5 heteroatoms. The summed E-state index contributed by atoms with van der Waals surface area (Å²) in [4.78, 5) is 0. The summed E-state index contributed by atoms with van der Waals surface area (Å²) in [5.41, 5.74) is 5.22. The van der Waals surface area contributed by atoms with Gasteiger partial charge in [-0.25, -0.2) is 0 Å². The third kappa shape index (κ3) is 3.09. The average molecular weight is 273 g/mol. The zero-order valence-electron chi connectivity index (χ0n) is 10.6. The van der Waals surface area contributed by atoms with Crippen LogP contribution in [0.2, 0.25) is 0 Å². The van der Waals surface area contributed by atoms with Gasteiger partial charge in [0, 0.05) is 12.0 Å². The van der Waals surface area contributed by atoms with Gasteiger partial charge in [0.25, 0.3) is 0 Å². The van der Waals surface area contributed by atoms with Gasteiger partial charge in [0.1, 0.15) is 0 Å². The van der Waals surface area contributed by atoms with E-state index in [-0.39, 0.29) is 6.61 Å². The van der Waals surface area contributed by atoms with Crippen molar-refractivity contribution in [1.29, 1.82) is 0 Å². The topological polar surface area (TPSA) is 46.2 Å². The van der Waals surface area contributed by atoms with Crippen molar-refractivity contribution < 1.29 is 18.3 Å². The first-order valence-corrected chi connectivity index (χ1v) is 6.38. The fraction of sp³-hybridized carbons (Fsp3) is 0.571. The molecule has 1 atom stereocenters. The normalized spacial score (nSPS) is 19.2. The molecule has 0 bridgehead atoms. The van der Waals surface area contributed by atoms with Crippen molar-refractivity contribution in [3.05, 3.63) is 35.4 Å². The van der Waals surface area contributed by atoms with E-state index < -0.39 is 17.2 Å². The van der Waals surface area contributed by atoms with Gasteiger partial charge < -0.3 is 10.8 Å². The van der Waals surface area contributed by atoms with E-state index in [4.69, 9.17) is 5.73 Å². The summed E-state index contributed by atoms with van der Waals surface area (Å²) in [6, 6.07) is 5.29. The summed E-state index contributed by atoms with van der Waals surface area (Å²) < 4.78 is 38.0. The zero-order valence-corrected chi connectivity index (χ0v) is 10.6. The summed E-state index contributed by atoms with van der Waals surface area (Å²) in [6.07, 6.45) is -1.94. The van der Waals surface area contributed by atoms with Crippen molar-refractivity contribution in [1.82, 2.24) is 0 Å². The number of aliphatic hydroxyl groups excluding tert-OH is 1. The van der Waals surface area contributed by atoms with Crippen molar-refractivity contribution in [2.75, 3.05) is 13.2 Å². The molecular weight excluding hydrogens is 255 g/mol. The largest absolute Gasteiger partial charge is 0.416 e. The molecule has 1 aliphatic carbocycles. The lowest BCUT2D eigenvalue weighted by atomic mass is 9.77. The number of halogens is 3. The molecule has 106 valence electrons. The molecule has 0 radical (unpaired) electrons. The lowest BCUT2D eigenvalue weighted by Gasteiger charge is -2.31. The van der Waals surface area contributed by atoms with Gasteiger partial charge in [0.05, 0.1) is 12.2 Å². The summed E-state index contributed by atoms with van der Waals surface area (Å²) in [7, 11) is 0. The van der Waals surface area contributed by atoms with Gasteiger partial charge in [-0.3, -0.25) is 0 Å². The average Bonchev–Trinajstić information content (AvgIpc) is 3.20. The zero-order chi connectivity index (χ0) is 14.1. The van der Waals surface area contributed by atoms with E-state index in [0.717, 1.165) is 25.0 Å². The fourth-order valence-corrected chi connectivity index (χ4v) is 2.59. The summed E-state index contributed by atoms with van der Waals surface area (Å²) >= 11 is 0. The maximum absolute atomic E-state index is 12.7. The first kappa shape index (κ1) is 14.3. The van der Waals surface area contributed by atoms with Gasteiger partial charge in [-0.05, 0) is 36.8 Å². The van der Waals surface area contributed by atoms with E-state index in [9.17, 15) is 18.3 Å². The van der Waals surface area contributed by atoms with Crippen LogP contribution in [0.3, 0.4) is 0 Å². The van der Waals surface area contributed by atoms with E-state index in [1.165, 1.54) is 6.07 Å². The first-order chi connectivity index (χ1) is 8.91. The monoisotopic (exact) mass is 273 g/mol. The van der Waals surface area contributed by atoms with Gasteiger partial charge >= 0.3 is 6.18 Å². The Hall–Kier alpha value is -1.07. The number of benzene rings is 1. The van der Waals surface area contributed by atoms with Gasteiger partial charge in [-0.1, -0.05) is 18.2 Å². The van der Waals surface area contributed by atoms with Crippen LogP contribution in [0.5, 0.6) is 0 Å². The Balaban J connectivity index is 2.22. The van der Waals surface area contributed by atoms with Gasteiger partial charge in [-0.15, -0.1) is 0 Å². The molecular formula is C14H18F3NO. The third-order valence-corrected chi connectivity index (χ3v) is 3.98. The van der Waals surface area contributed by atoms with Crippen LogP contribution >= 0.6 is 0 Å². The molecule has 19 heavy (non-hydrogen) atoms. The Kier molecular flexibility index (Phi) is 3.87. The van der Waals surface area contributed by atoms with E-state index >= 15 is 0 Å². The summed E-state index contributed by atoms with van der Waals surface area (Å²) in [5, 5.41) is 9.58. The molecule has 0 saturated heterocycles. The lowest BCUT2D eigenvalue weighted by molar-refractivity contribution is -0.137. The van der Waals surface area contributed by atoms with Crippen LogP contribution in [0.4, 0.5) is 13.2 Å². The minimum Gasteiger partial charge on any atom is -0.396 e. The highest BCUT2D eigenvalue weighted by atomic mass is 19.4. The van der Waals surface area contributed by atoms with Crippen LogP contribution in [-0.4, -0.2) is 18.3 Å². The van der Waals surface area contributed by atoms with Crippen LogP contribution in [0.15, 0.2) is 24.3 Å². The first-order valence-electron chi connectivity index (χ1n) is 6.38. The quantitative estimate of drug-likeness (QED) is 0.866. The second-order valence-electron chi connectivity index (χ2n) is 5.37. The molecule has 0 aromatic heterocycles. The molecule has 0 amide bonds. The van der Waals surface area contributed by atoms with Crippen molar-refractivity contribution in [3.8, 4) is 0 Å². The number of hydrogen-bond acceptors (Lipinski definition) is 2. The molecule has 0 aliphatic heterocycles. The van der Waals surface area contributed by atoms with Gasteiger partial charge in [0.2, 0.25) is 0 Å². The van der Waals surface area contributed by atoms with Crippen molar-refractivity contribution in [3.63, 3.8) is 0 Å². The standard InChI is InChI=1S/C14H18F3NO/c15-14(16,17)12-3-1-2-10(6-12)7-13(8-18,9-19)11-4-5-11/h1-3,6,11,19H,4-5,7-9,18H2.